The fraction of sp³-hybridized carbons (Fsp3) is 0.182. The van der Waals surface area contributed by atoms with Crippen LogP contribution in [0.15, 0.2) is 29.8 Å². The second-order valence-corrected chi connectivity index (χ2v) is 4.08. The second kappa shape index (κ2) is 3.80. The quantitative estimate of drug-likeness (QED) is 0.748. The maximum Gasteiger partial charge on any atom is 0.278 e. The molecule has 0 atom stereocenters. The van der Waals surface area contributed by atoms with Crippen LogP contribution in [0.25, 0.3) is 0 Å². The summed E-state index contributed by atoms with van der Waals surface area (Å²) in [4.78, 5) is 4.07. The Hall–Kier alpha value is -1.35. The van der Waals surface area contributed by atoms with Crippen LogP contribution in [0.5, 0.6) is 10.9 Å². The van der Waals surface area contributed by atoms with E-state index in [1.165, 1.54) is 22.5 Å². The van der Waals surface area contributed by atoms with Gasteiger partial charge in [-0.1, -0.05) is 17.4 Å². The van der Waals surface area contributed by atoms with Crippen molar-refractivity contribution >= 4 is 11.3 Å². The molecular formula is C11H11NOS. The fourth-order valence-electron chi connectivity index (χ4n) is 1.35. The van der Waals surface area contributed by atoms with Gasteiger partial charge in [-0.3, -0.25) is 0 Å². The summed E-state index contributed by atoms with van der Waals surface area (Å²) in [6, 6.07) is 6.14. The molecule has 0 amide bonds. The minimum absolute atomic E-state index is 0.690. The lowest BCUT2D eigenvalue weighted by Gasteiger charge is -2.04. The van der Waals surface area contributed by atoms with Gasteiger partial charge in [0.25, 0.3) is 5.19 Å². The van der Waals surface area contributed by atoms with E-state index in [4.69, 9.17) is 4.74 Å². The molecule has 2 nitrogen and oxygen atoms in total. The van der Waals surface area contributed by atoms with Crippen LogP contribution in [-0.2, 0) is 0 Å². The normalized spacial score (nSPS) is 10.1. The molecular weight excluding hydrogens is 194 g/mol. The van der Waals surface area contributed by atoms with Crippen molar-refractivity contribution in [2.45, 2.75) is 13.8 Å². The summed E-state index contributed by atoms with van der Waals surface area (Å²) in [5, 5.41) is 2.59. The Labute approximate surface area is 87.2 Å². The number of thiazole rings is 1. The van der Waals surface area contributed by atoms with Gasteiger partial charge in [0.05, 0.1) is 0 Å². The van der Waals surface area contributed by atoms with E-state index >= 15 is 0 Å². The number of hydrogen-bond donors (Lipinski definition) is 0. The molecule has 1 heterocycles. The van der Waals surface area contributed by atoms with Crippen molar-refractivity contribution in [3.8, 4) is 10.9 Å². The molecule has 0 aliphatic heterocycles. The zero-order chi connectivity index (χ0) is 9.97. The van der Waals surface area contributed by atoms with Crippen LogP contribution in [0.4, 0.5) is 0 Å². The summed E-state index contributed by atoms with van der Waals surface area (Å²) in [5.74, 6) is 0.859. The molecule has 1 aromatic heterocycles. The summed E-state index contributed by atoms with van der Waals surface area (Å²) in [6.07, 6.45) is 1.74. The van der Waals surface area contributed by atoms with E-state index in [2.05, 4.69) is 24.9 Å². The van der Waals surface area contributed by atoms with Crippen molar-refractivity contribution in [3.05, 3.63) is 40.9 Å². The van der Waals surface area contributed by atoms with E-state index in [0.717, 1.165) is 5.75 Å². The third kappa shape index (κ3) is 2.12. The van der Waals surface area contributed by atoms with Crippen LogP contribution >= 0.6 is 11.3 Å². The second-order valence-electron chi connectivity index (χ2n) is 3.22. The lowest BCUT2D eigenvalue weighted by molar-refractivity contribution is 0.478. The molecule has 2 aromatic rings. The van der Waals surface area contributed by atoms with E-state index in [0.29, 0.717) is 5.19 Å². The van der Waals surface area contributed by atoms with Crippen molar-refractivity contribution in [3.63, 3.8) is 0 Å². The topological polar surface area (TPSA) is 22.1 Å². The minimum Gasteiger partial charge on any atom is -0.431 e. The Morgan fingerprint density at radius 3 is 2.43 bits per heavy atom. The summed E-state index contributed by atoms with van der Waals surface area (Å²) < 4.78 is 5.59. The summed E-state index contributed by atoms with van der Waals surface area (Å²) in [5.41, 5.74) is 2.41. The number of aromatic nitrogens is 1. The maximum absolute atomic E-state index is 5.59. The van der Waals surface area contributed by atoms with Crippen molar-refractivity contribution in [1.82, 2.24) is 4.98 Å². The van der Waals surface area contributed by atoms with E-state index in [9.17, 15) is 0 Å². The molecule has 1 aromatic carbocycles. The van der Waals surface area contributed by atoms with Gasteiger partial charge >= 0.3 is 0 Å². The number of hydrogen-bond acceptors (Lipinski definition) is 3. The third-order valence-corrected chi connectivity index (χ3v) is 2.46. The number of nitrogens with zero attached hydrogens (tertiary/aromatic N) is 1. The smallest absolute Gasteiger partial charge is 0.278 e. The number of ether oxygens (including phenoxy) is 1. The number of rotatable bonds is 2. The molecule has 14 heavy (non-hydrogen) atoms. The molecule has 0 bridgehead atoms. The zero-order valence-electron chi connectivity index (χ0n) is 8.15. The molecule has 0 spiro atoms. The average molecular weight is 205 g/mol. The molecule has 0 radical (unpaired) electrons. The van der Waals surface area contributed by atoms with Crippen LogP contribution in [0.3, 0.4) is 0 Å². The van der Waals surface area contributed by atoms with Crippen LogP contribution in [0.2, 0.25) is 0 Å². The van der Waals surface area contributed by atoms with Crippen LogP contribution in [0, 0.1) is 13.8 Å². The van der Waals surface area contributed by atoms with Crippen molar-refractivity contribution < 1.29 is 4.74 Å². The van der Waals surface area contributed by atoms with Crippen LogP contribution in [-0.4, -0.2) is 4.98 Å². The molecule has 0 aliphatic rings. The molecule has 0 saturated carbocycles. The molecule has 3 heteroatoms. The lowest BCUT2D eigenvalue weighted by Crippen LogP contribution is -1.85. The maximum atomic E-state index is 5.59. The third-order valence-electron chi connectivity index (χ3n) is 1.81. The molecule has 0 aliphatic carbocycles. The largest absolute Gasteiger partial charge is 0.431 e. The first-order valence-corrected chi connectivity index (χ1v) is 5.27. The van der Waals surface area contributed by atoms with Crippen molar-refractivity contribution in [1.29, 1.82) is 0 Å². The number of aryl methyl sites for hydroxylation is 2. The van der Waals surface area contributed by atoms with Gasteiger partial charge in [-0.15, -0.1) is 0 Å². The Morgan fingerprint density at radius 1 is 1.14 bits per heavy atom. The predicted octanol–water partition coefficient (Wildman–Crippen LogP) is 3.55. The van der Waals surface area contributed by atoms with E-state index < -0.39 is 0 Å². The Bertz CT molecular complexity index is 403. The van der Waals surface area contributed by atoms with Gasteiger partial charge < -0.3 is 4.74 Å². The van der Waals surface area contributed by atoms with E-state index in [1.54, 1.807) is 6.20 Å². The highest BCUT2D eigenvalue weighted by Gasteiger charge is 2.00. The van der Waals surface area contributed by atoms with E-state index in [1.807, 2.05) is 17.5 Å². The number of benzene rings is 1. The highest BCUT2D eigenvalue weighted by atomic mass is 32.1. The van der Waals surface area contributed by atoms with Gasteiger partial charge in [-0.2, -0.15) is 0 Å². The van der Waals surface area contributed by atoms with Gasteiger partial charge in [-0.05, 0) is 37.1 Å². The fourth-order valence-corrected chi connectivity index (χ4v) is 1.86. The Kier molecular flexibility index (Phi) is 2.50. The monoisotopic (exact) mass is 205 g/mol. The Morgan fingerprint density at radius 2 is 1.86 bits per heavy atom. The molecule has 72 valence electrons. The van der Waals surface area contributed by atoms with Crippen molar-refractivity contribution in [2.24, 2.45) is 0 Å². The SMILES string of the molecule is Cc1cc(C)cc(Oc2nccs2)c1. The van der Waals surface area contributed by atoms with Crippen molar-refractivity contribution in [2.75, 3.05) is 0 Å². The average Bonchev–Trinajstić information content (AvgIpc) is 2.54. The molecule has 0 unspecified atom stereocenters. The minimum atomic E-state index is 0.690. The first-order chi connectivity index (χ1) is 6.74. The zero-order valence-corrected chi connectivity index (χ0v) is 8.97. The molecule has 0 fully saturated rings. The molecule has 0 saturated heterocycles. The lowest BCUT2D eigenvalue weighted by atomic mass is 10.1. The van der Waals surface area contributed by atoms with Gasteiger partial charge in [0, 0.05) is 11.6 Å². The highest BCUT2D eigenvalue weighted by molar-refractivity contribution is 7.11. The summed E-state index contributed by atoms with van der Waals surface area (Å²) in [7, 11) is 0. The standard InChI is InChI=1S/C11H11NOS/c1-8-5-9(2)7-10(6-8)13-11-12-3-4-14-11/h3-7H,1-2H3. The van der Waals surface area contributed by atoms with Crippen LogP contribution in [0.1, 0.15) is 11.1 Å². The van der Waals surface area contributed by atoms with Gasteiger partial charge in [0.1, 0.15) is 5.75 Å². The van der Waals surface area contributed by atoms with E-state index in [-0.39, 0.29) is 0 Å². The summed E-state index contributed by atoms with van der Waals surface area (Å²) in [6.45, 7) is 4.11. The first-order valence-electron chi connectivity index (χ1n) is 4.40. The highest BCUT2D eigenvalue weighted by Crippen LogP contribution is 2.24. The predicted molar refractivity (Wildman–Crippen MR) is 58.1 cm³/mol. The van der Waals surface area contributed by atoms with Gasteiger partial charge in [0.15, 0.2) is 0 Å². The van der Waals surface area contributed by atoms with Gasteiger partial charge in [-0.25, -0.2) is 4.98 Å². The molecule has 2 rings (SSSR count). The van der Waals surface area contributed by atoms with Gasteiger partial charge in [0.2, 0.25) is 0 Å². The first kappa shape index (κ1) is 9.21. The van der Waals surface area contributed by atoms with Crippen LogP contribution < -0.4 is 4.74 Å². The summed E-state index contributed by atoms with van der Waals surface area (Å²) >= 11 is 1.50. The molecule has 0 N–H and O–H groups in total. The Balaban J connectivity index is 2.25.